The van der Waals surface area contributed by atoms with Crippen LogP contribution in [0.2, 0.25) is 0 Å². The van der Waals surface area contributed by atoms with Gasteiger partial charge in [0.25, 0.3) is 0 Å². The largest absolute Gasteiger partial charge is 0.292 e. The molecule has 3 aromatic rings. The predicted octanol–water partition coefficient (Wildman–Crippen LogP) is 4.92. The van der Waals surface area contributed by atoms with E-state index < -0.39 is 0 Å². The summed E-state index contributed by atoms with van der Waals surface area (Å²) in [5.41, 5.74) is 1.43. The fourth-order valence-corrected chi connectivity index (χ4v) is 6.08. The van der Waals surface area contributed by atoms with E-state index in [-0.39, 0.29) is 5.78 Å². The van der Waals surface area contributed by atoms with Crippen LogP contribution in [0.4, 0.5) is 0 Å². The molecule has 3 heterocycles. The molecule has 118 valence electrons. The molecule has 4 rings (SSSR count). The van der Waals surface area contributed by atoms with Crippen molar-refractivity contribution in [1.29, 1.82) is 0 Å². The molecule has 0 bridgehead atoms. The molecule has 0 aliphatic heterocycles. The third-order valence-corrected chi connectivity index (χ3v) is 7.10. The Bertz CT molecular complexity index is 868. The summed E-state index contributed by atoms with van der Waals surface area (Å²) < 4.78 is 0. The molecule has 0 saturated heterocycles. The molecule has 0 saturated carbocycles. The molecule has 0 N–H and O–H groups in total. The lowest BCUT2D eigenvalue weighted by molar-refractivity contribution is 0.102. The number of hydrogen-bond acceptors (Lipinski definition) is 6. The summed E-state index contributed by atoms with van der Waals surface area (Å²) in [5.74, 6) is 1.41. The summed E-state index contributed by atoms with van der Waals surface area (Å²) in [6, 6.07) is 3.81. The van der Waals surface area contributed by atoms with E-state index in [1.807, 2.05) is 35.8 Å². The summed E-state index contributed by atoms with van der Waals surface area (Å²) in [6.45, 7) is 1.93. The van der Waals surface area contributed by atoms with Crippen molar-refractivity contribution in [2.24, 2.45) is 0 Å². The molecule has 23 heavy (non-hydrogen) atoms. The number of carbonyl (C=O) groups is 1. The summed E-state index contributed by atoms with van der Waals surface area (Å²) in [7, 11) is 0. The molecule has 6 heteroatoms. The van der Waals surface area contributed by atoms with Crippen LogP contribution in [0.3, 0.4) is 0 Å². The minimum atomic E-state index is 0.179. The summed E-state index contributed by atoms with van der Waals surface area (Å²) >= 11 is 4.88. The lowest BCUT2D eigenvalue weighted by Crippen LogP contribution is -2.02. The van der Waals surface area contributed by atoms with E-state index >= 15 is 0 Å². The second kappa shape index (κ2) is 6.34. The van der Waals surface area contributed by atoms with Crippen molar-refractivity contribution in [1.82, 2.24) is 9.97 Å². The number of carbonyl (C=O) groups excluding carboxylic acids is 1. The van der Waals surface area contributed by atoms with Gasteiger partial charge in [-0.1, -0.05) is 17.8 Å². The van der Waals surface area contributed by atoms with Gasteiger partial charge in [0.15, 0.2) is 5.78 Å². The van der Waals surface area contributed by atoms with Gasteiger partial charge in [0.2, 0.25) is 0 Å². The number of rotatable bonds is 4. The zero-order valence-electron chi connectivity index (χ0n) is 12.8. The third-order valence-electron chi connectivity index (χ3n) is 4.03. The predicted molar refractivity (Wildman–Crippen MR) is 98.2 cm³/mol. The van der Waals surface area contributed by atoms with Crippen molar-refractivity contribution < 1.29 is 4.79 Å². The number of thiophene rings is 2. The minimum Gasteiger partial charge on any atom is -0.292 e. The molecule has 0 fully saturated rings. The van der Waals surface area contributed by atoms with E-state index in [0.717, 1.165) is 33.4 Å². The van der Waals surface area contributed by atoms with E-state index in [4.69, 9.17) is 0 Å². The van der Waals surface area contributed by atoms with Crippen LogP contribution < -0.4 is 0 Å². The first-order valence-corrected chi connectivity index (χ1v) is 10.4. The average Bonchev–Trinajstić information content (AvgIpc) is 3.19. The molecular weight excluding hydrogens is 344 g/mol. The molecule has 0 radical (unpaired) electrons. The number of hydrogen-bond donors (Lipinski definition) is 0. The molecule has 0 atom stereocenters. The fraction of sp³-hybridized carbons (Fsp3) is 0.353. The van der Waals surface area contributed by atoms with Crippen LogP contribution in [0.15, 0.2) is 22.5 Å². The highest BCUT2D eigenvalue weighted by Gasteiger charge is 2.21. The highest BCUT2D eigenvalue weighted by molar-refractivity contribution is 8.00. The zero-order chi connectivity index (χ0) is 15.8. The van der Waals surface area contributed by atoms with Crippen molar-refractivity contribution >= 4 is 50.4 Å². The van der Waals surface area contributed by atoms with Gasteiger partial charge in [-0.3, -0.25) is 4.79 Å². The number of aryl methyl sites for hydroxylation is 3. The van der Waals surface area contributed by atoms with Gasteiger partial charge in [-0.15, -0.1) is 22.7 Å². The van der Waals surface area contributed by atoms with Crippen molar-refractivity contribution in [3.63, 3.8) is 0 Å². The number of ketones is 1. The first-order chi connectivity index (χ1) is 11.2. The lowest BCUT2D eigenvalue weighted by Gasteiger charge is -2.11. The zero-order valence-corrected chi connectivity index (χ0v) is 15.2. The van der Waals surface area contributed by atoms with Crippen LogP contribution in [0.1, 0.15) is 38.8 Å². The first-order valence-electron chi connectivity index (χ1n) is 7.71. The fourth-order valence-electron chi connectivity index (χ4n) is 2.97. The number of nitrogens with zero attached hydrogens (tertiary/aromatic N) is 2. The normalized spacial score (nSPS) is 14.1. The standard InChI is InChI=1S/C17H16N2OS3/c1-10-18-16(22-9-12(20)14-7-4-8-21-14)15-11-5-2-3-6-13(11)23-17(15)19-10/h4,7-8H,2-3,5-6,9H2,1H3. The van der Waals surface area contributed by atoms with Gasteiger partial charge in [0, 0.05) is 10.3 Å². The Kier molecular flexibility index (Phi) is 4.22. The molecule has 0 amide bonds. The van der Waals surface area contributed by atoms with Crippen LogP contribution >= 0.6 is 34.4 Å². The van der Waals surface area contributed by atoms with Crippen molar-refractivity contribution in [3.05, 3.63) is 38.7 Å². The SMILES string of the molecule is Cc1nc(SCC(=O)c2cccs2)c2c3c(sc2n1)CCCC3. The van der Waals surface area contributed by atoms with Crippen LogP contribution in [0, 0.1) is 6.92 Å². The van der Waals surface area contributed by atoms with Gasteiger partial charge in [-0.05, 0) is 49.6 Å². The molecule has 1 aliphatic carbocycles. The molecule has 1 aliphatic rings. The van der Waals surface area contributed by atoms with E-state index in [9.17, 15) is 4.79 Å². The van der Waals surface area contributed by atoms with Crippen molar-refractivity contribution in [2.75, 3.05) is 5.75 Å². The maximum absolute atomic E-state index is 12.3. The Morgan fingerprint density at radius 1 is 1.30 bits per heavy atom. The molecule has 3 nitrogen and oxygen atoms in total. The number of Topliss-reactive ketones (excluding diaryl/α,β-unsaturated/α-hetero) is 1. The smallest absolute Gasteiger partial charge is 0.183 e. The lowest BCUT2D eigenvalue weighted by atomic mass is 9.97. The Balaban J connectivity index is 1.68. The van der Waals surface area contributed by atoms with Gasteiger partial charge < -0.3 is 0 Å². The van der Waals surface area contributed by atoms with Crippen LogP contribution in [0.5, 0.6) is 0 Å². The monoisotopic (exact) mass is 360 g/mol. The molecule has 3 aromatic heterocycles. The number of aromatic nitrogens is 2. The van der Waals surface area contributed by atoms with Gasteiger partial charge in [-0.25, -0.2) is 9.97 Å². The van der Waals surface area contributed by atoms with E-state index in [1.54, 1.807) is 11.8 Å². The molecule has 0 aromatic carbocycles. The van der Waals surface area contributed by atoms with Crippen LogP contribution in [-0.4, -0.2) is 21.5 Å². The maximum Gasteiger partial charge on any atom is 0.183 e. The first kappa shape index (κ1) is 15.3. The Labute approximate surface area is 147 Å². The van der Waals surface area contributed by atoms with E-state index in [0.29, 0.717) is 5.75 Å². The Morgan fingerprint density at radius 3 is 3.00 bits per heavy atom. The highest BCUT2D eigenvalue weighted by Crippen LogP contribution is 2.39. The minimum absolute atomic E-state index is 0.179. The second-order valence-electron chi connectivity index (χ2n) is 5.66. The average molecular weight is 361 g/mol. The number of fused-ring (bicyclic) bond motifs is 3. The topological polar surface area (TPSA) is 42.9 Å². The van der Waals surface area contributed by atoms with Crippen LogP contribution in [-0.2, 0) is 12.8 Å². The van der Waals surface area contributed by atoms with Crippen molar-refractivity contribution in [3.8, 4) is 0 Å². The Hall–Kier alpha value is -1.24. The highest BCUT2D eigenvalue weighted by atomic mass is 32.2. The quantitative estimate of drug-likeness (QED) is 0.376. The van der Waals surface area contributed by atoms with Gasteiger partial charge in [-0.2, -0.15) is 0 Å². The molecular formula is C17H16N2OS3. The summed E-state index contributed by atoms with van der Waals surface area (Å²) in [6.07, 6.45) is 4.79. The molecule has 0 spiro atoms. The van der Waals surface area contributed by atoms with Crippen molar-refractivity contribution in [2.45, 2.75) is 37.6 Å². The second-order valence-corrected chi connectivity index (χ2v) is 8.65. The Morgan fingerprint density at radius 2 is 2.17 bits per heavy atom. The number of thioether (sulfide) groups is 1. The summed E-state index contributed by atoms with van der Waals surface area (Å²) in [5, 5.41) is 4.14. The van der Waals surface area contributed by atoms with E-state index in [2.05, 4.69) is 9.97 Å². The maximum atomic E-state index is 12.3. The van der Waals surface area contributed by atoms with E-state index in [1.165, 1.54) is 40.0 Å². The van der Waals surface area contributed by atoms with Gasteiger partial charge in [0.1, 0.15) is 15.7 Å². The van der Waals surface area contributed by atoms with Crippen LogP contribution in [0.25, 0.3) is 10.2 Å². The van der Waals surface area contributed by atoms with Gasteiger partial charge in [0.05, 0.1) is 10.6 Å². The molecule has 0 unspecified atom stereocenters. The third kappa shape index (κ3) is 2.95. The van der Waals surface area contributed by atoms with Gasteiger partial charge >= 0.3 is 0 Å². The summed E-state index contributed by atoms with van der Waals surface area (Å²) in [4.78, 5) is 24.9.